The Morgan fingerprint density at radius 2 is 1.56 bits per heavy atom. The molecule has 0 saturated heterocycles. The van der Waals surface area contributed by atoms with Crippen LogP contribution in [0.15, 0.2) is 48.5 Å². The molecule has 0 aliphatic rings. The smallest absolute Gasteiger partial charge is 0.319 e. The van der Waals surface area contributed by atoms with Gasteiger partial charge in [0.15, 0.2) is 11.5 Å². The van der Waals surface area contributed by atoms with E-state index in [1.54, 1.807) is 12.1 Å². The van der Waals surface area contributed by atoms with Crippen molar-refractivity contribution in [3.63, 3.8) is 0 Å². The number of hydrogen-bond acceptors (Lipinski definition) is 4. The maximum atomic E-state index is 12.1. The summed E-state index contributed by atoms with van der Waals surface area (Å²) >= 11 is 0. The summed E-state index contributed by atoms with van der Waals surface area (Å²) in [7, 11) is 0. The van der Waals surface area contributed by atoms with E-state index in [0.717, 1.165) is 18.6 Å². The molecule has 0 saturated carbocycles. The number of ether oxygens (including phenoxy) is 3. The highest BCUT2D eigenvalue weighted by atomic mass is 16.5. The number of rotatable bonds is 11. The van der Waals surface area contributed by atoms with E-state index in [4.69, 9.17) is 14.2 Å². The van der Waals surface area contributed by atoms with Crippen LogP contribution in [0, 0.1) is 0 Å². The van der Waals surface area contributed by atoms with Gasteiger partial charge in [0.25, 0.3) is 0 Å². The lowest BCUT2D eigenvalue weighted by atomic mass is 10.2. The summed E-state index contributed by atoms with van der Waals surface area (Å²) in [5.41, 5.74) is 0.645. The van der Waals surface area contributed by atoms with E-state index in [1.807, 2.05) is 50.2 Å². The quantitative estimate of drug-likeness (QED) is 0.571. The summed E-state index contributed by atoms with van der Waals surface area (Å²) in [6, 6.07) is 14.6. The Bertz CT molecular complexity index is 692. The van der Waals surface area contributed by atoms with Gasteiger partial charge in [-0.3, -0.25) is 0 Å². The van der Waals surface area contributed by atoms with Crippen LogP contribution in [0.2, 0.25) is 0 Å². The van der Waals surface area contributed by atoms with Gasteiger partial charge < -0.3 is 24.8 Å². The van der Waals surface area contributed by atoms with E-state index in [9.17, 15) is 4.79 Å². The van der Waals surface area contributed by atoms with Gasteiger partial charge in [-0.25, -0.2) is 4.79 Å². The first-order chi connectivity index (χ1) is 13.2. The van der Waals surface area contributed by atoms with Gasteiger partial charge in [-0.15, -0.1) is 0 Å². The van der Waals surface area contributed by atoms with E-state index in [0.29, 0.717) is 43.6 Å². The second-order valence-corrected chi connectivity index (χ2v) is 5.90. The molecule has 0 aliphatic carbocycles. The fraction of sp³-hybridized carbons (Fsp3) is 0.381. The summed E-state index contributed by atoms with van der Waals surface area (Å²) in [5.74, 6) is 2.10. The van der Waals surface area contributed by atoms with E-state index < -0.39 is 0 Å². The lowest BCUT2D eigenvalue weighted by Gasteiger charge is -2.14. The molecule has 6 nitrogen and oxygen atoms in total. The first-order valence-electron chi connectivity index (χ1n) is 9.35. The van der Waals surface area contributed by atoms with Gasteiger partial charge in [-0.05, 0) is 37.1 Å². The number of anilines is 1. The van der Waals surface area contributed by atoms with Crippen LogP contribution in [-0.2, 0) is 0 Å². The monoisotopic (exact) mass is 372 g/mol. The molecule has 2 aromatic rings. The number of para-hydroxylation sites is 1. The molecule has 2 aromatic carbocycles. The van der Waals surface area contributed by atoms with Crippen LogP contribution < -0.4 is 24.8 Å². The van der Waals surface area contributed by atoms with Crippen molar-refractivity contribution in [2.45, 2.75) is 26.7 Å². The summed E-state index contributed by atoms with van der Waals surface area (Å²) in [6.45, 7) is 6.10. The zero-order chi connectivity index (χ0) is 19.3. The molecule has 0 aliphatic heterocycles. The van der Waals surface area contributed by atoms with Crippen LogP contribution in [0.1, 0.15) is 26.7 Å². The van der Waals surface area contributed by atoms with Crippen molar-refractivity contribution in [1.82, 2.24) is 5.32 Å². The third-order valence-corrected chi connectivity index (χ3v) is 3.52. The second kappa shape index (κ2) is 11.7. The van der Waals surface area contributed by atoms with Gasteiger partial charge in [0.1, 0.15) is 12.4 Å². The third kappa shape index (κ3) is 7.48. The zero-order valence-electron chi connectivity index (χ0n) is 16.0. The maximum absolute atomic E-state index is 12.1. The lowest BCUT2D eigenvalue weighted by Crippen LogP contribution is -2.32. The van der Waals surface area contributed by atoms with Crippen LogP contribution in [0.4, 0.5) is 10.5 Å². The molecule has 0 heterocycles. The first-order valence-corrected chi connectivity index (χ1v) is 9.35. The number of amides is 2. The van der Waals surface area contributed by atoms with Gasteiger partial charge in [0.05, 0.1) is 19.8 Å². The Hall–Kier alpha value is -2.89. The lowest BCUT2D eigenvalue weighted by molar-refractivity contribution is 0.247. The number of hydrogen-bond donors (Lipinski definition) is 2. The number of urea groups is 1. The molecule has 0 atom stereocenters. The summed E-state index contributed by atoms with van der Waals surface area (Å²) < 4.78 is 17.0. The molecule has 0 bridgehead atoms. The van der Waals surface area contributed by atoms with E-state index in [1.165, 1.54) is 0 Å². The number of carbonyl (C=O) groups excluding carboxylic acids is 1. The van der Waals surface area contributed by atoms with Crippen LogP contribution in [-0.4, -0.2) is 32.4 Å². The van der Waals surface area contributed by atoms with Crippen molar-refractivity contribution in [3.05, 3.63) is 48.5 Å². The van der Waals surface area contributed by atoms with Crippen LogP contribution in [0.5, 0.6) is 17.2 Å². The number of carbonyl (C=O) groups is 1. The number of nitrogens with one attached hydrogen (secondary N) is 2. The summed E-state index contributed by atoms with van der Waals surface area (Å²) in [4.78, 5) is 12.1. The number of benzene rings is 2. The Morgan fingerprint density at radius 1 is 0.852 bits per heavy atom. The standard InChI is InChI=1S/C21H28N2O4/c1-3-13-26-19-11-10-17(16-20(19)27-14-4-2)23-21(24)22-12-15-25-18-8-6-5-7-9-18/h5-11,16H,3-4,12-15H2,1-2H3,(H2,22,23,24). The van der Waals surface area contributed by atoms with Crippen molar-refractivity contribution >= 4 is 11.7 Å². The molecule has 0 aromatic heterocycles. The summed E-state index contributed by atoms with van der Waals surface area (Å²) in [5, 5.41) is 5.57. The minimum atomic E-state index is -0.296. The van der Waals surface area contributed by atoms with Gasteiger partial charge in [0, 0.05) is 11.8 Å². The predicted octanol–water partition coefficient (Wildman–Crippen LogP) is 4.46. The Balaban J connectivity index is 1.82. The molecule has 2 rings (SSSR count). The molecule has 0 fully saturated rings. The third-order valence-electron chi connectivity index (χ3n) is 3.52. The highest BCUT2D eigenvalue weighted by molar-refractivity contribution is 5.89. The molecule has 0 radical (unpaired) electrons. The van der Waals surface area contributed by atoms with E-state index in [2.05, 4.69) is 10.6 Å². The van der Waals surface area contributed by atoms with Gasteiger partial charge >= 0.3 is 6.03 Å². The Labute approximate surface area is 160 Å². The van der Waals surface area contributed by atoms with E-state index in [-0.39, 0.29) is 6.03 Å². The van der Waals surface area contributed by atoms with Crippen molar-refractivity contribution < 1.29 is 19.0 Å². The normalized spacial score (nSPS) is 10.1. The molecule has 6 heteroatoms. The molecule has 146 valence electrons. The molecule has 0 spiro atoms. The molecule has 27 heavy (non-hydrogen) atoms. The van der Waals surface area contributed by atoms with Crippen LogP contribution in [0.3, 0.4) is 0 Å². The van der Waals surface area contributed by atoms with Crippen molar-refractivity contribution in [3.8, 4) is 17.2 Å². The average Bonchev–Trinajstić information content (AvgIpc) is 2.69. The van der Waals surface area contributed by atoms with Gasteiger partial charge in [-0.1, -0.05) is 32.0 Å². The Kier molecular flexibility index (Phi) is 8.83. The fourth-order valence-electron chi connectivity index (χ4n) is 2.27. The van der Waals surface area contributed by atoms with Crippen LogP contribution in [0.25, 0.3) is 0 Å². The largest absolute Gasteiger partial charge is 0.492 e. The Morgan fingerprint density at radius 3 is 2.26 bits per heavy atom. The molecule has 2 amide bonds. The average molecular weight is 372 g/mol. The van der Waals surface area contributed by atoms with Crippen LogP contribution >= 0.6 is 0 Å². The zero-order valence-corrected chi connectivity index (χ0v) is 16.0. The van der Waals surface area contributed by atoms with Crippen molar-refractivity contribution in [2.75, 3.05) is 31.7 Å². The summed E-state index contributed by atoms with van der Waals surface area (Å²) in [6.07, 6.45) is 1.81. The minimum Gasteiger partial charge on any atom is -0.492 e. The molecular formula is C21H28N2O4. The van der Waals surface area contributed by atoms with Gasteiger partial charge in [0.2, 0.25) is 0 Å². The fourth-order valence-corrected chi connectivity index (χ4v) is 2.27. The van der Waals surface area contributed by atoms with Gasteiger partial charge in [-0.2, -0.15) is 0 Å². The van der Waals surface area contributed by atoms with E-state index >= 15 is 0 Å². The highest BCUT2D eigenvalue weighted by Crippen LogP contribution is 2.30. The van der Waals surface area contributed by atoms with Crippen molar-refractivity contribution in [1.29, 1.82) is 0 Å². The topological polar surface area (TPSA) is 68.8 Å². The predicted molar refractivity (Wildman–Crippen MR) is 107 cm³/mol. The molecular weight excluding hydrogens is 344 g/mol. The first kappa shape index (κ1) is 20.4. The second-order valence-electron chi connectivity index (χ2n) is 5.90. The highest BCUT2D eigenvalue weighted by Gasteiger charge is 2.09. The maximum Gasteiger partial charge on any atom is 0.319 e. The molecule has 0 unspecified atom stereocenters. The SMILES string of the molecule is CCCOc1ccc(NC(=O)NCCOc2ccccc2)cc1OCCC. The minimum absolute atomic E-state index is 0.296. The van der Waals surface area contributed by atoms with Crippen molar-refractivity contribution in [2.24, 2.45) is 0 Å². The molecule has 2 N–H and O–H groups in total.